The van der Waals surface area contributed by atoms with Crippen LogP contribution in [0.2, 0.25) is 0 Å². The lowest BCUT2D eigenvalue weighted by Crippen LogP contribution is -2.17. The van der Waals surface area contributed by atoms with Gasteiger partial charge in [-0.1, -0.05) is 18.2 Å². The molecule has 0 saturated carbocycles. The summed E-state index contributed by atoms with van der Waals surface area (Å²) in [7, 11) is 0. The first-order chi connectivity index (χ1) is 8.22. The Bertz CT molecular complexity index is 431. The van der Waals surface area contributed by atoms with Gasteiger partial charge in [-0.3, -0.25) is 0 Å². The van der Waals surface area contributed by atoms with Crippen molar-refractivity contribution in [3.63, 3.8) is 0 Å². The van der Waals surface area contributed by atoms with Gasteiger partial charge in [-0.05, 0) is 18.6 Å². The van der Waals surface area contributed by atoms with Crippen molar-refractivity contribution in [3.05, 3.63) is 40.4 Å². The van der Waals surface area contributed by atoms with Gasteiger partial charge in [0, 0.05) is 35.9 Å². The molecule has 1 aromatic carbocycles. The number of thioether (sulfide) groups is 1. The molecule has 0 saturated heterocycles. The predicted octanol–water partition coefficient (Wildman–Crippen LogP) is 2.39. The Morgan fingerprint density at radius 2 is 2.18 bits per heavy atom. The molecule has 1 aliphatic rings. The second-order valence-electron chi connectivity index (χ2n) is 4.15. The molecule has 0 bridgehead atoms. The van der Waals surface area contributed by atoms with Crippen LogP contribution in [0, 0.1) is 0 Å². The lowest BCUT2D eigenvalue weighted by atomic mass is 10.1. The van der Waals surface area contributed by atoms with Gasteiger partial charge < -0.3 is 15.7 Å². The third-order valence-electron chi connectivity index (χ3n) is 3.03. The Morgan fingerprint density at radius 1 is 1.41 bits per heavy atom. The van der Waals surface area contributed by atoms with Crippen LogP contribution in [0.3, 0.4) is 0 Å². The molecule has 0 atom stereocenters. The lowest BCUT2D eigenvalue weighted by molar-refractivity contribution is 0.300. The minimum atomic E-state index is 0.223. The molecule has 3 nitrogen and oxygen atoms in total. The number of nitrogens with zero attached hydrogens (tertiary/aromatic N) is 1. The number of hydrogen-bond acceptors (Lipinski definition) is 4. The molecule has 0 aliphatic carbocycles. The molecule has 0 fully saturated rings. The van der Waals surface area contributed by atoms with E-state index in [1.807, 2.05) is 30.0 Å². The van der Waals surface area contributed by atoms with Gasteiger partial charge in [-0.25, -0.2) is 0 Å². The van der Waals surface area contributed by atoms with E-state index in [0.717, 1.165) is 30.1 Å². The van der Waals surface area contributed by atoms with Crippen LogP contribution in [0.5, 0.6) is 0 Å². The van der Waals surface area contributed by atoms with Crippen LogP contribution in [0.1, 0.15) is 18.9 Å². The number of aliphatic hydroxyl groups is 1. The summed E-state index contributed by atoms with van der Waals surface area (Å²) in [4.78, 5) is 3.60. The summed E-state index contributed by atoms with van der Waals surface area (Å²) < 4.78 is 0. The largest absolute Gasteiger partial charge is 0.398 e. The third-order valence-corrected chi connectivity index (χ3v) is 4.32. The third kappa shape index (κ3) is 2.76. The van der Waals surface area contributed by atoms with E-state index >= 15 is 0 Å². The van der Waals surface area contributed by atoms with Gasteiger partial charge in [0.15, 0.2) is 0 Å². The Labute approximate surface area is 106 Å². The molecule has 1 aromatic rings. The zero-order valence-electron chi connectivity index (χ0n) is 10.0. The van der Waals surface area contributed by atoms with Gasteiger partial charge in [0.25, 0.3) is 0 Å². The highest BCUT2D eigenvalue weighted by Gasteiger charge is 2.19. The predicted molar refractivity (Wildman–Crippen MR) is 73.3 cm³/mol. The van der Waals surface area contributed by atoms with Gasteiger partial charge in [0.2, 0.25) is 0 Å². The van der Waals surface area contributed by atoms with Crippen LogP contribution in [-0.2, 0) is 6.54 Å². The highest BCUT2D eigenvalue weighted by Crippen LogP contribution is 2.35. The van der Waals surface area contributed by atoms with E-state index in [0.29, 0.717) is 0 Å². The van der Waals surface area contributed by atoms with E-state index in [9.17, 15) is 0 Å². The van der Waals surface area contributed by atoms with Gasteiger partial charge >= 0.3 is 0 Å². The van der Waals surface area contributed by atoms with Crippen molar-refractivity contribution in [1.29, 1.82) is 0 Å². The topological polar surface area (TPSA) is 49.5 Å². The molecule has 3 N–H and O–H groups in total. The van der Waals surface area contributed by atoms with Crippen molar-refractivity contribution in [1.82, 2.24) is 4.90 Å². The standard InChI is InChI=1S/C13H18N2OS/c1-10-13(6-7-16)17-9-15(10)8-11-4-2-3-5-12(11)14/h2-5,16H,6-9,14H2,1H3. The Morgan fingerprint density at radius 3 is 2.88 bits per heavy atom. The van der Waals surface area contributed by atoms with Crippen LogP contribution < -0.4 is 5.73 Å². The van der Waals surface area contributed by atoms with E-state index in [4.69, 9.17) is 10.8 Å². The van der Waals surface area contributed by atoms with Crippen LogP contribution in [0.25, 0.3) is 0 Å². The highest BCUT2D eigenvalue weighted by atomic mass is 32.2. The maximum atomic E-state index is 8.98. The number of para-hydroxylation sites is 1. The first-order valence-corrected chi connectivity index (χ1v) is 6.72. The summed E-state index contributed by atoms with van der Waals surface area (Å²) in [6.45, 7) is 3.19. The Kier molecular flexibility index (Phi) is 3.97. The summed E-state index contributed by atoms with van der Waals surface area (Å²) in [6, 6.07) is 7.98. The summed E-state index contributed by atoms with van der Waals surface area (Å²) in [6.07, 6.45) is 0.761. The second kappa shape index (κ2) is 5.47. The Hall–Kier alpha value is -1.13. The van der Waals surface area contributed by atoms with Gasteiger partial charge in [-0.2, -0.15) is 0 Å². The number of benzene rings is 1. The van der Waals surface area contributed by atoms with Crippen LogP contribution in [0.4, 0.5) is 5.69 Å². The van der Waals surface area contributed by atoms with Gasteiger partial charge in [0.1, 0.15) is 0 Å². The molecular weight excluding hydrogens is 232 g/mol. The second-order valence-corrected chi connectivity index (χ2v) is 5.19. The summed E-state index contributed by atoms with van der Waals surface area (Å²) in [5.74, 6) is 0.954. The van der Waals surface area contributed by atoms with Crippen molar-refractivity contribution in [2.45, 2.75) is 19.9 Å². The smallest absolute Gasteiger partial charge is 0.0684 e. The van der Waals surface area contributed by atoms with Crippen LogP contribution in [-0.4, -0.2) is 22.5 Å². The molecule has 17 heavy (non-hydrogen) atoms. The summed E-state index contributed by atoms with van der Waals surface area (Å²) >= 11 is 1.81. The minimum Gasteiger partial charge on any atom is -0.398 e. The van der Waals surface area contributed by atoms with Crippen molar-refractivity contribution in [2.24, 2.45) is 0 Å². The van der Waals surface area contributed by atoms with E-state index in [2.05, 4.69) is 17.9 Å². The minimum absolute atomic E-state index is 0.223. The fourth-order valence-electron chi connectivity index (χ4n) is 1.94. The Balaban J connectivity index is 2.09. The molecule has 0 aromatic heterocycles. The molecule has 1 aliphatic heterocycles. The monoisotopic (exact) mass is 250 g/mol. The summed E-state index contributed by atoms with van der Waals surface area (Å²) in [5.41, 5.74) is 9.23. The molecule has 0 amide bonds. The molecule has 1 heterocycles. The highest BCUT2D eigenvalue weighted by molar-refractivity contribution is 8.03. The van der Waals surface area contributed by atoms with E-state index in [-0.39, 0.29) is 6.61 Å². The maximum absolute atomic E-state index is 8.98. The first-order valence-electron chi connectivity index (χ1n) is 5.74. The fraction of sp³-hybridized carbons (Fsp3) is 0.385. The van der Waals surface area contributed by atoms with Crippen molar-refractivity contribution < 1.29 is 5.11 Å². The van der Waals surface area contributed by atoms with E-state index in [1.54, 1.807) is 0 Å². The zero-order chi connectivity index (χ0) is 12.3. The first kappa shape index (κ1) is 12.3. The number of aliphatic hydroxyl groups excluding tert-OH is 1. The van der Waals surface area contributed by atoms with Crippen molar-refractivity contribution >= 4 is 17.4 Å². The number of nitrogens with two attached hydrogens (primary N) is 1. The molecule has 0 radical (unpaired) electrons. The number of allylic oxidation sites excluding steroid dienone is 1. The molecule has 4 heteroatoms. The van der Waals surface area contributed by atoms with Gasteiger partial charge in [0.05, 0.1) is 5.88 Å². The molecule has 0 unspecified atom stereocenters. The maximum Gasteiger partial charge on any atom is 0.0684 e. The van der Waals surface area contributed by atoms with Crippen molar-refractivity contribution in [3.8, 4) is 0 Å². The number of anilines is 1. The lowest BCUT2D eigenvalue weighted by Gasteiger charge is -2.20. The van der Waals surface area contributed by atoms with Gasteiger partial charge in [-0.15, -0.1) is 11.8 Å². The SMILES string of the molecule is CC1=C(CCO)SCN1Cc1ccccc1N. The van der Waals surface area contributed by atoms with Crippen LogP contribution >= 0.6 is 11.8 Å². The normalized spacial score (nSPS) is 15.8. The van der Waals surface area contributed by atoms with Crippen LogP contribution in [0.15, 0.2) is 34.9 Å². The molecule has 2 rings (SSSR count). The van der Waals surface area contributed by atoms with E-state index < -0.39 is 0 Å². The molecule has 0 spiro atoms. The number of nitrogen functional groups attached to an aromatic ring is 1. The average molecular weight is 250 g/mol. The van der Waals surface area contributed by atoms with E-state index in [1.165, 1.54) is 10.6 Å². The summed E-state index contributed by atoms with van der Waals surface area (Å²) in [5, 5.41) is 8.98. The number of rotatable bonds is 4. The molecular formula is C13H18N2OS. The number of hydrogen-bond donors (Lipinski definition) is 2. The van der Waals surface area contributed by atoms with Crippen molar-refractivity contribution in [2.75, 3.05) is 18.2 Å². The quantitative estimate of drug-likeness (QED) is 0.806. The molecule has 92 valence electrons. The average Bonchev–Trinajstić information content (AvgIpc) is 2.65. The zero-order valence-corrected chi connectivity index (χ0v) is 10.8. The fourth-order valence-corrected chi connectivity index (χ4v) is 3.11.